The minimum absolute atomic E-state index is 0.221. The van der Waals surface area contributed by atoms with Gasteiger partial charge in [-0.3, -0.25) is 4.79 Å². The van der Waals surface area contributed by atoms with Gasteiger partial charge in [0.25, 0.3) is 6.43 Å². The molecule has 1 aromatic rings. The van der Waals surface area contributed by atoms with Gasteiger partial charge in [-0.05, 0) is 69.2 Å². The van der Waals surface area contributed by atoms with Crippen molar-refractivity contribution in [3.63, 3.8) is 0 Å². The van der Waals surface area contributed by atoms with Crippen molar-refractivity contribution in [2.75, 3.05) is 26.2 Å². The standard InChI is InChI=1S/C21H32F2N2O3S/c1-6-9-24(13-19(22)23)21(26)18-7-10-25(11-8-18)29(27,28)20-16(4)14(2)12-15(3)17(20)5/h12,18-19H,6-11,13H2,1-5H3. The molecule has 29 heavy (non-hydrogen) atoms. The first-order valence-electron chi connectivity index (χ1n) is 10.1. The van der Waals surface area contributed by atoms with Crippen molar-refractivity contribution in [3.05, 3.63) is 28.3 Å². The number of carbonyl (C=O) groups excluding carboxylic acids is 1. The van der Waals surface area contributed by atoms with Gasteiger partial charge in [0.1, 0.15) is 0 Å². The Hall–Kier alpha value is -1.54. The average Bonchev–Trinajstić information content (AvgIpc) is 2.65. The van der Waals surface area contributed by atoms with Crippen LogP contribution in [0.5, 0.6) is 0 Å². The van der Waals surface area contributed by atoms with Gasteiger partial charge in [0.2, 0.25) is 15.9 Å². The topological polar surface area (TPSA) is 57.7 Å². The fraction of sp³-hybridized carbons (Fsp3) is 0.667. The lowest BCUT2D eigenvalue weighted by molar-refractivity contribution is -0.138. The normalized spacial score (nSPS) is 16.4. The van der Waals surface area contributed by atoms with Crippen molar-refractivity contribution in [3.8, 4) is 0 Å². The van der Waals surface area contributed by atoms with Crippen molar-refractivity contribution < 1.29 is 22.0 Å². The summed E-state index contributed by atoms with van der Waals surface area (Å²) in [6.45, 7) is 9.45. The van der Waals surface area contributed by atoms with Gasteiger partial charge < -0.3 is 4.90 Å². The molecule has 164 valence electrons. The second kappa shape index (κ2) is 9.51. The lowest BCUT2D eigenvalue weighted by Crippen LogP contribution is -2.46. The first-order chi connectivity index (χ1) is 13.5. The number of sulfonamides is 1. The van der Waals surface area contributed by atoms with Crippen LogP contribution in [-0.4, -0.2) is 56.1 Å². The summed E-state index contributed by atoms with van der Waals surface area (Å²) in [4.78, 5) is 14.2. The quantitative estimate of drug-likeness (QED) is 0.661. The number of alkyl halides is 2. The van der Waals surface area contributed by atoms with Gasteiger partial charge in [0.05, 0.1) is 11.4 Å². The highest BCUT2D eigenvalue weighted by atomic mass is 32.2. The molecule has 1 aliphatic rings. The summed E-state index contributed by atoms with van der Waals surface area (Å²) < 4.78 is 53.7. The Morgan fingerprint density at radius 1 is 1.14 bits per heavy atom. The van der Waals surface area contributed by atoms with E-state index in [9.17, 15) is 22.0 Å². The maximum absolute atomic E-state index is 13.3. The Balaban J connectivity index is 2.17. The van der Waals surface area contributed by atoms with Crippen LogP contribution in [0.1, 0.15) is 48.4 Å². The molecule has 0 saturated carbocycles. The van der Waals surface area contributed by atoms with Gasteiger partial charge in [-0.25, -0.2) is 17.2 Å². The summed E-state index contributed by atoms with van der Waals surface area (Å²) in [6, 6.07) is 1.99. The fourth-order valence-electron chi connectivity index (χ4n) is 4.03. The Kier molecular flexibility index (Phi) is 7.79. The van der Waals surface area contributed by atoms with Crippen molar-refractivity contribution >= 4 is 15.9 Å². The molecule has 5 nitrogen and oxygen atoms in total. The molecule has 1 fully saturated rings. The van der Waals surface area contributed by atoms with Gasteiger partial charge in [0, 0.05) is 25.6 Å². The molecular formula is C21H32F2N2O3S. The lowest BCUT2D eigenvalue weighted by atomic mass is 9.96. The fourth-order valence-corrected chi connectivity index (χ4v) is 6.07. The molecule has 0 bridgehead atoms. The molecule has 1 saturated heterocycles. The van der Waals surface area contributed by atoms with E-state index in [-0.39, 0.29) is 19.0 Å². The van der Waals surface area contributed by atoms with Gasteiger partial charge in [0.15, 0.2) is 0 Å². The molecule has 0 N–H and O–H groups in total. The van der Waals surface area contributed by atoms with E-state index in [1.807, 2.05) is 40.7 Å². The Bertz CT molecular complexity index is 822. The SMILES string of the molecule is CCCN(CC(F)F)C(=O)C1CCN(S(=O)(=O)c2c(C)c(C)cc(C)c2C)CC1. The van der Waals surface area contributed by atoms with Gasteiger partial charge in [-0.2, -0.15) is 4.31 Å². The van der Waals surface area contributed by atoms with E-state index >= 15 is 0 Å². The van der Waals surface area contributed by atoms with Crippen LogP contribution in [0.2, 0.25) is 0 Å². The molecule has 0 aliphatic carbocycles. The zero-order valence-electron chi connectivity index (χ0n) is 18.0. The van der Waals surface area contributed by atoms with Crippen LogP contribution in [0, 0.1) is 33.6 Å². The van der Waals surface area contributed by atoms with E-state index in [4.69, 9.17) is 0 Å². The number of rotatable bonds is 7. The summed E-state index contributed by atoms with van der Waals surface area (Å²) in [7, 11) is -3.68. The summed E-state index contributed by atoms with van der Waals surface area (Å²) in [5, 5.41) is 0. The van der Waals surface area contributed by atoms with E-state index in [0.29, 0.717) is 30.7 Å². The third kappa shape index (κ3) is 5.15. The highest BCUT2D eigenvalue weighted by Crippen LogP contribution is 2.31. The molecule has 0 aromatic heterocycles. The second-order valence-corrected chi connectivity index (χ2v) is 9.82. The van der Waals surface area contributed by atoms with Gasteiger partial charge in [-0.1, -0.05) is 13.0 Å². The zero-order valence-corrected chi connectivity index (χ0v) is 18.8. The first kappa shape index (κ1) is 23.7. The number of carbonyl (C=O) groups is 1. The number of hydrogen-bond acceptors (Lipinski definition) is 3. The third-order valence-electron chi connectivity index (χ3n) is 5.86. The molecule has 8 heteroatoms. The minimum Gasteiger partial charge on any atom is -0.337 e. The maximum atomic E-state index is 13.3. The molecule has 1 heterocycles. The first-order valence-corrected chi connectivity index (χ1v) is 11.6. The largest absolute Gasteiger partial charge is 0.337 e. The van der Waals surface area contributed by atoms with Crippen LogP contribution in [0.25, 0.3) is 0 Å². The van der Waals surface area contributed by atoms with Crippen molar-refractivity contribution in [2.24, 2.45) is 5.92 Å². The number of amides is 1. The van der Waals surface area contributed by atoms with Gasteiger partial charge >= 0.3 is 0 Å². The van der Waals surface area contributed by atoms with Crippen LogP contribution >= 0.6 is 0 Å². The average molecular weight is 431 g/mol. The van der Waals surface area contributed by atoms with Crippen LogP contribution in [-0.2, 0) is 14.8 Å². The summed E-state index contributed by atoms with van der Waals surface area (Å²) >= 11 is 0. The monoisotopic (exact) mass is 430 g/mol. The Morgan fingerprint density at radius 2 is 1.66 bits per heavy atom. The highest BCUT2D eigenvalue weighted by Gasteiger charge is 2.35. The maximum Gasteiger partial charge on any atom is 0.255 e. The van der Waals surface area contributed by atoms with Gasteiger partial charge in [-0.15, -0.1) is 0 Å². The lowest BCUT2D eigenvalue weighted by Gasteiger charge is -2.34. The Labute approximate surface area is 173 Å². The summed E-state index contributed by atoms with van der Waals surface area (Å²) in [5.41, 5.74) is 3.35. The van der Waals surface area contributed by atoms with E-state index < -0.39 is 28.9 Å². The number of halogens is 2. The van der Waals surface area contributed by atoms with E-state index in [1.165, 1.54) is 9.21 Å². The molecule has 0 atom stereocenters. The van der Waals surface area contributed by atoms with Crippen molar-refractivity contribution in [1.82, 2.24) is 9.21 Å². The number of aryl methyl sites for hydroxylation is 2. The van der Waals surface area contributed by atoms with Crippen LogP contribution < -0.4 is 0 Å². The number of nitrogens with zero attached hydrogens (tertiary/aromatic N) is 2. The minimum atomic E-state index is -3.68. The zero-order chi connectivity index (χ0) is 21.9. The number of benzene rings is 1. The smallest absolute Gasteiger partial charge is 0.255 e. The molecule has 0 spiro atoms. The number of hydrogen-bond donors (Lipinski definition) is 0. The second-order valence-electron chi connectivity index (χ2n) is 7.94. The molecule has 1 aromatic carbocycles. The van der Waals surface area contributed by atoms with Crippen molar-refractivity contribution in [1.29, 1.82) is 0 Å². The third-order valence-corrected chi connectivity index (χ3v) is 8.04. The molecule has 0 radical (unpaired) electrons. The Morgan fingerprint density at radius 3 is 2.10 bits per heavy atom. The molecule has 1 amide bonds. The summed E-state index contributed by atoms with van der Waals surface area (Å²) in [6.07, 6.45) is -1.26. The predicted molar refractivity (Wildman–Crippen MR) is 110 cm³/mol. The van der Waals surface area contributed by atoms with E-state index in [1.54, 1.807) is 0 Å². The van der Waals surface area contributed by atoms with E-state index in [0.717, 1.165) is 22.3 Å². The highest BCUT2D eigenvalue weighted by molar-refractivity contribution is 7.89. The van der Waals surface area contributed by atoms with E-state index in [2.05, 4.69) is 0 Å². The summed E-state index contributed by atoms with van der Waals surface area (Å²) in [5.74, 6) is -0.698. The molecule has 1 aliphatic heterocycles. The predicted octanol–water partition coefficient (Wildman–Crippen LogP) is 3.82. The molecular weight excluding hydrogens is 398 g/mol. The van der Waals surface area contributed by atoms with Crippen LogP contribution in [0.15, 0.2) is 11.0 Å². The molecule has 2 rings (SSSR count). The van der Waals surface area contributed by atoms with Crippen LogP contribution in [0.3, 0.4) is 0 Å². The molecule has 0 unspecified atom stereocenters. The number of piperidine rings is 1. The van der Waals surface area contributed by atoms with Crippen LogP contribution in [0.4, 0.5) is 8.78 Å². The van der Waals surface area contributed by atoms with Crippen molar-refractivity contribution in [2.45, 2.75) is 65.2 Å².